The van der Waals surface area contributed by atoms with Crippen molar-refractivity contribution in [3.05, 3.63) is 77.7 Å². The number of rotatable bonds is 7. The van der Waals surface area contributed by atoms with Gasteiger partial charge in [0.05, 0.1) is 42.6 Å². The van der Waals surface area contributed by atoms with Gasteiger partial charge in [0.15, 0.2) is 5.76 Å². The van der Waals surface area contributed by atoms with Gasteiger partial charge in [-0.1, -0.05) is 6.07 Å². The van der Waals surface area contributed by atoms with E-state index in [2.05, 4.69) is 25.4 Å². The Morgan fingerprint density at radius 1 is 1.20 bits per heavy atom. The smallest absolute Gasteiger partial charge is 0.255 e. The van der Waals surface area contributed by atoms with Crippen LogP contribution in [0.15, 0.2) is 59.5 Å². The molecule has 0 spiro atoms. The number of ether oxygens (including phenoxy) is 1. The minimum atomic E-state index is -0.279. The lowest BCUT2D eigenvalue weighted by Crippen LogP contribution is -2.24. The van der Waals surface area contributed by atoms with Gasteiger partial charge < -0.3 is 14.5 Å². The van der Waals surface area contributed by atoms with E-state index in [0.29, 0.717) is 35.2 Å². The highest BCUT2D eigenvalue weighted by molar-refractivity contribution is 5.95. The number of carbonyl (C=O) groups is 1. The molecule has 0 saturated heterocycles. The molecule has 0 aliphatic carbocycles. The SMILES string of the molecule is COCc1c(C(=O)NCc2cccc(C)n2)cnn1-c1nccc(-c2ccco2)n1. The van der Waals surface area contributed by atoms with Gasteiger partial charge >= 0.3 is 0 Å². The number of nitrogens with zero attached hydrogens (tertiary/aromatic N) is 5. The highest BCUT2D eigenvalue weighted by atomic mass is 16.5. The Labute approximate surface area is 172 Å². The predicted octanol–water partition coefficient (Wildman–Crippen LogP) is 2.70. The van der Waals surface area contributed by atoms with Crippen molar-refractivity contribution in [1.29, 1.82) is 0 Å². The van der Waals surface area contributed by atoms with Crippen LogP contribution in [0.4, 0.5) is 0 Å². The van der Waals surface area contributed by atoms with Crippen LogP contribution < -0.4 is 5.32 Å². The Morgan fingerprint density at radius 2 is 2.10 bits per heavy atom. The van der Waals surface area contributed by atoms with Crippen LogP contribution >= 0.6 is 0 Å². The minimum absolute atomic E-state index is 0.166. The van der Waals surface area contributed by atoms with Gasteiger partial charge in [0.1, 0.15) is 5.69 Å². The lowest BCUT2D eigenvalue weighted by atomic mass is 10.2. The molecular formula is C21H20N6O3. The summed E-state index contributed by atoms with van der Waals surface area (Å²) in [4.78, 5) is 26.0. The van der Waals surface area contributed by atoms with Gasteiger partial charge in [-0.2, -0.15) is 9.78 Å². The number of pyridine rings is 1. The maximum Gasteiger partial charge on any atom is 0.255 e. The van der Waals surface area contributed by atoms with E-state index in [1.165, 1.54) is 10.9 Å². The number of hydrogen-bond acceptors (Lipinski definition) is 7. The van der Waals surface area contributed by atoms with E-state index in [-0.39, 0.29) is 12.5 Å². The summed E-state index contributed by atoms with van der Waals surface area (Å²) in [5.41, 5.74) is 3.21. The Balaban J connectivity index is 1.60. The van der Waals surface area contributed by atoms with E-state index >= 15 is 0 Å². The molecule has 152 valence electrons. The quantitative estimate of drug-likeness (QED) is 0.504. The normalized spacial score (nSPS) is 10.9. The van der Waals surface area contributed by atoms with Crippen molar-refractivity contribution in [3.63, 3.8) is 0 Å². The number of furan rings is 1. The molecule has 0 fully saturated rings. The molecule has 0 unspecified atom stereocenters. The van der Waals surface area contributed by atoms with Gasteiger partial charge in [0.2, 0.25) is 0 Å². The fraction of sp³-hybridized carbons (Fsp3) is 0.190. The molecule has 9 nitrogen and oxygen atoms in total. The summed E-state index contributed by atoms with van der Waals surface area (Å²) < 4.78 is 12.2. The number of hydrogen-bond donors (Lipinski definition) is 1. The highest BCUT2D eigenvalue weighted by Gasteiger charge is 2.20. The van der Waals surface area contributed by atoms with Crippen molar-refractivity contribution >= 4 is 5.91 Å². The molecule has 1 amide bonds. The molecule has 0 aliphatic heterocycles. The van der Waals surface area contributed by atoms with Crippen LogP contribution in [0, 0.1) is 6.92 Å². The lowest BCUT2D eigenvalue weighted by Gasteiger charge is -2.09. The second-order valence-corrected chi connectivity index (χ2v) is 6.52. The Morgan fingerprint density at radius 3 is 2.87 bits per heavy atom. The molecule has 4 aromatic rings. The van der Waals surface area contributed by atoms with Crippen LogP contribution in [0.3, 0.4) is 0 Å². The topological polar surface area (TPSA) is 108 Å². The largest absolute Gasteiger partial charge is 0.463 e. The van der Waals surface area contributed by atoms with Gasteiger partial charge in [-0.15, -0.1) is 0 Å². The monoisotopic (exact) mass is 404 g/mol. The predicted molar refractivity (Wildman–Crippen MR) is 108 cm³/mol. The van der Waals surface area contributed by atoms with E-state index < -0.39 is 0 Å². The number of aromatic nitrogens is 5. The van der Waals surface area contributed by atoms with Crippen molar-refractivity contribution in [3.8, 4) is 17.4 Å². The average Bonchev–Trinajstić information content (AvgIpc) is 3.43. The third-order valence-electron chi connectivity index (χ3n) is 4.38. The third-order valence-corrected chi connectivity index (χ3v) is 4.38. The number of methoxy groups -OCH3 is 1. The van der Waals surface area contributed by atoms with Crippen LogP contribution in [0.1, 0.15) is 27.4 Å². The highest BCUT2D eigenvalue weighted by Crippen LogP contribution is 2.19. The lowest BCUT2D eigenvalue weighted by molar-refractivity contribution is 0.0945. The standard InChI is InChI=1S/C21H20N6O3/c1-14-5-3-6-15(25-14)11-23-20(28)16-12-24-27(18(16)13-29-2)21-22-9-8-17(26-21)19-7-4-10-30-19/h3-10,12H,11,13H2,1-2H3,(H,23,28). The molecule has 0 aliphatic rings. The molecule has 4 aromatic heterocycles. The minimum Gasteiger partial charge on any atom is -0.463 e. The molecule has 4 rings (SSSR count). The van der Waals surface area contributed by atoms with Crippen molar-refractivity contribution in [2.24, 2.45) is 0 Å². The van der Waals surface area contributed by atoms with Gasteiger partial charge in [0.25, 0.3) is 11.9 Å². The fourth-order valence-electron chi connectivity index (χ4n) is 2.99. The molecule has 30 heavy (non-hydrogen) atoms. The van der Waals surface area contributed by atoms with Crippen molar-refractivity contribution in [1.82, 2.24) is 30.0 Å². The first-order chi connectivity index (χ1) is 14.7. The van der Waals surface area contributed by atoms with E-state index in [1.54, 1.807) is 31.7 Å². The first-order valence-electron chi connectivity index (χ1n) is 9.29. The van der Waals surface area contributed by atoms with E-state index in [1.807, 2.05) is 31.2 Å². The zero-order valence-electron chi connectivity index (χ0n) is 16.6. The van der Waals surface area contributed by atoms with Crippen molar-refractivity contribution in [2.75, 3.05) is 7.11 Å². The second kappa shape index (κ2) is 8.66. The van der Waals surface area contributed by atoms with Crippen molar-refractivity contribution < 1.29 is 13.9 Å². The van der Waals surface area contributed by atoms with E-state index in [0.717, 1.165) is 11.4 Å². The summed E-state index contributed by atoms with van der Waals surface area (Å²) in [6.07, 6.45) is 4.67. The summed E-state index contributed by atoms with van der Waals surface area (Å²) in [6, 6.07) is 11.0. The summed E-state index contributed by atoms with van der Waals surface area (Å²) in [6.45, 7) is 2.38. The fourth-order valence-corrected chi connectivity index (χ4v) is 2.99. The molecule has 1 N–H and O–H groups in total. The molecule has 0 bridgehead atoms. The van der Waals surface area contributed by atoms with Crippen LogP contribution in [-0.4, -0.2) is 37.7 Å². The van der Waals surface area contributed by atoms with Gasteiger partial charge in [-0.05, 0) is 37.3 Å². The second-order valence-electron chi connectivity index (χ2n) is 6.52. The van der Waals surface area contributed by atoms with Crippen LogP contribution in [0.2, 0.25) is 0 Å². The molecule has 0 radical (unpaired) electrons. The van der Waals surface area contributed by atoms with Crippen molar-refractivity contribution in [2.45, 2.75) is 20.1 Å². The number of carbonyl (C=O) groups excluding carboxylic acids is 1. The number of nitrogens with one attached hydrogen (secondary N) is 1. The average molecular weight is 404 g/mol. The summed E-state index contributed by atoms with van der Waals surface area (Å²) in [5, 5.41) is 7.20. The van der Waals surface area contributed by atoms with Gasteiger partial charge in [-0.25, -0.2) is 9.97 Å². The Bertz CT molecular complexity index is 1150. The molecular weight excluding hydrogens is 384 g/mol. The maximum atomic E-state index is 12.8. The number of aryl methyl sites for hydroxylation is 1. The molecule has 0 atom stereocenters. The maximum absolute atomic E-state index is 12.8. The van der Waals surface area contributed by atoms with E-state index in [4.69, 9.17) is 9.15 Å². The first-order valence-corrected chi connectivity index (χ1v) is 9.29. The zero-order chi connectivity index (χ0) is 20.9. The molecule has 0 aromatic carbocycles. The van der Waals surface area contributed by atoms with Crippen LogP contribution in [-0.2, 0) is 17.9 Å². The Kier molecular flexibility index (Phi) is 5.62. The molecule has 0 saturated carbocycles. The van der Waals surface area contributed by atoms with Crippen LogP contribution in [0.5, 0.6) is 0 Å². The summed E-state index contributed by atoms with van der Waals surface area (Å²) in [5.74, 6) is 0.650. The van der Waals surface area contributed by atoms with E-state index in [9.17, 15) is 4.79 Å². The Hall–Kier alpha value is -3.85. The van der Waals surface area contributed by atoms with Gasteiger partial charge in [-0.3, -0.25) is 9.78 Å². The number of amides is 1. The van der Waals surface area contributed by atoms with Gasteiger partial charge in [0, 0.05) is 19.0 Å². The van der Waals surface area contributed by atoms with Crippen LogP contribution in [0.25, 0.3) is 17.4 Å². The molecule has 4 heterocycles. The first kappa shape index (κ1) is 19.5. The third kappa shape index (κ3) is 4.11. The summed E-state index contributed by atoms with van der Waals surface area (Å²) >= 11 is 0. The summed E-state index contributed by atoms with van der Waals surface area (Å²) in [7, 11) is 1.55. The zero-order valence-corrected chi connectivity index (χ0v) is 16.6. The molecule has 9 heteroatoms.